The van der Waals surface area contributed by atoms with E-state index < -0.39 is 0 Å². The van der Waals surface area contributed by atoms with Crippen molar-refractivity contribution >= 4 is 0 Å². The van der Waals surface area contributed by atoms with Gasteiger partial charge in [0.15, 0.2) is 0 Å². The highest BCUT2D eigenvalue weighted by molar-refractivity contribution is 4.88. The van der Waals surface area contributed by atoms with Crippen molar-refractivity contribution in [2.45, 2.75) is 51.3 Å². The molecule has 0 aromatic heterocycles. The molecule has 1 N–H and O–H groups in total. The van der Waals surface area contributed by atoms with Crippen LogP contribution >= 0.6 is 0 Å². The molecule has 15 heavy (non-hydrogen) atoms. The first-order valence-corrected chi connectivity index (χ1v) is 6.33. The molecule has 3 heteroatoms. The maximum absolute atomic E-state index is 9.40. The van der Waals surface area contributed by atoms with Crippen LogP contribution < -0.4 is 0 Å². The first kappa shape index (κ1) is 11.4. The lowest BCUT2D eigenvalue weighted by Gasteiger charge is -2.40. The summed E-state index contributed by atoms with van der Waals surface area (Å²) in [6.45, 7) is 9.08. The van der Waals surface area contributed by atoms with E-state index in [1.165, 1.54) is 39.0 Å². The zero-order valence-electron chi connectivity index (χ0n) is 10.0. The molecule has 2 fully saturated rings. The van der Waals surface area contributed by atoms with Crippen LogP contribution in [0.2, 0.25) is 0 Å². The van der Waals surface area contributed by atoms with Crippen molar-refractivity contribution in [1.82, 2.24) is 9.80 Å². The van der Waals surface area contributed by atoms with Crippen LogP contribution in [0.25, 0.3) is 0 Å². The molecule has 0 radical (unpaired) electrons. The average molecular weight is 212 g/mol. The van der Waals surface area contributed by atoms with Gasteiger partial charge in [-0.3, -0.25) is 9.80 Å². The fraction of sp³-hybridized carbons (Fsp3) is 1.00. The summed E-state index contributed by atoms with van der Waals surface area (Å²) in [5.41, 5.74) is 0. The highest BCUT2D eigenvalue weighted by Gasteiger charge is 2.32. The Balaban J connectivity index is 1.84. The van der Waals surface area contributed by atoms with E-state index in [4.69, 9.17) is 0 Å². The number of hydrogen-bond acceptors (Lipinski definition) is 3. The van der Waals surface area contributed by atoms with E-state index in [9.17, 15) is 5.11 Å². The summed E-state index contributed by atoms with van der Waals surface area (Å²) in [6, 6.07) is 1.34. The van der Waals surface area contributed by atoms with Crippen molar-refractivity contribution in [3.05, 3.63) is 0 Å². The first-order valence-electron chi connectivity index (χ1n) is 6.33. The van der Waals surface area contributed by atoms with E-state index in [2.05, 4.69) is 16.7 Å². The van der Waals surface area contributed by atoms with Gasteiger partial charge in [-0.2, -0.15) is 0 Å². The van der Waals surface area contributed by atoms with Gasteiger partial charge >= 0.3 is 0 Å². The topological polar surface area (TPSA) is 26.7 Å². The van der Waals surface area contributed by atoms with Crippen LogP contribution in [0.4, 0.5) is 0 Å². The Morgan fingerprint density at radius 3 is 2.80 bits per heavy atom. The molecule has 88 valence electrons. The third kappa shape index (κ3) is 2.71. The van der Waals surface area contributed by atoms with Crippen LogP contribution in [0.1, 0.15) is 33.1 Å². The minimum atomic E-state index is -0.165. The number of rotatable bonds is 3. The number of nitrogens with zero attached hydrogens (tertiary/aromatic N) is 2. The molecule has 2 rings (SSSR count). The maximum Gasteiger partial charge on any atom is 0.0526 e. The van der Waals surface area contributed by atoms with Gasteiger partial charge in [0.2, 0.25) is 0 Å². The standard InChI is InChI=1S/C12H24N2O/c1-10(8-11(2)15)14-7-6-13-5-3-4-12(13)9-14/h10-12,15H,3-9H2,1-2H3. The van der Waals surface area contributed by atoms with Gasteiger partial charge in [0.25, 0.3) is 0 Å². The summed E-state index contributed by atoms with van der Waals surface area (Å²) in [7, 11) is 0. The van der Waals surface area contributed by atoms with Crippen molar-refractivity contribution in [3.8, 4) is 0 Å². The average Bonchev–Trinajstić information content (AvgIpc) is 2.62. The molecule has 0 bridgehead atoms. The molecule has 2 aliphatic rings. The molecule has 2 saturated heterocycles. The summed E-state index contributed by atoms with van der Waals surface area (Å²) in [5, 5.41) is 9.40. The molecule has 3 unspecified atom stereocenters. The van der Waals surface area contributed by atoms with Crippen LogP contribution in [-0.4, -0.2) is 59.3 Å². The number of aliphatic hydroxyl groups is 1. The van der Waals surface area contributed by atoms with E-state index in [1.54, 1.807) is 0 Å². The lowest BCUT2D eigenvalue weighted by Crippen LogP contribution is -2.53. The summed E-state index contributed by atoms with van der Waals surface area (Å²) in [6.07, 6.45) is 3.50. The monoisotopic (exact) mass is 212 g/mol. The second kappa shape index (κ2) is 4.81. The molecule has 3 atom stereocenters. The Morgan fingerprint density at radius 2 is 2.07 bits per heavy atom. The molecular formula is C12H24N2O. The highest BCUT2D eigenvalue weighted by Crippen LogP contribution is 2.23. The van der Waals surface area contributed by atoms with Gasteiger partial charge in [0, 0.05) is 31.7 Å². The molecule has 3 nitrogen and oxygen atoms in total. The van der Waals surface area contributed by atoms with Crippen LogP contribution in [0.5, 0.6) is 0 Å². The van der Waals surface area contributed by atoms with Crippen LogP contribution in [0.3, 0.4) is 0 Å². The minimum Gasteiger partial charge on any atom is -0.393 e. The fourth-order valence-electron chi connectivity index (χ4n) is 3.06. The summed E-state index contributed by atoms with van der Waals surface area (Å²) < 4.78 is 0. The van der Waals surface area contributed by atoms with E-state index in [1.807, 2.05) is 6.92 Å². The molecule has 0 spiro atoms. The van der Waals surface area contributed by atoms with Crippen molar-refractivity contribution in [3.63, 3.8) is 0 Å². The molecule has 0 amide bonds. The Bertz CT molecular complexity index is 208. The van der Waals surface area contributed by atoms with Crippen molar-refractivity contribution in [2.24, 2.45) is 0 Å². The number of fused-ring (bicyclic) bond motifs is 1. The van der Waals surface area contributed by atoms with Gasteiger partial charge in [-0.15, -0.1) is 0 Å². The van der Waals surface area contributed by atoms with Crippen LogP contribution in [0.15, 0.2) is 0 Å². The van der Waals surface area contributed by atoms with Gasteiger partial charge in [-0.05, 0) is 39.7 Å². The first-order chi connectivity index (χ1) is 7.16. The summed E-state index contributed by atoms with van der Waals surface area (Å²) >= 11 is 0. The highest BCUT2D eigenvalue weighted by atomic mass is 16.3. The van der Waals surface area contributed by atoms with E-state index in [-0.39, 0.29) is 6.10 Å². The number of piperazine rings is 1. The van der Waals surface area contributed by atoms with Crippen molar-refractivity contribution < 1.29 is 5.11 Å². The molecule has 2 heterocycles. The Labute approximate surface area is 93.1 Å². The third-order valence-electron chi connectivity index (χ3n) is 3.92. The Morgan fingerprint density at radius 1 is 1.27 bits per heavy atom. The normalized spacial score (nSPS) is 32.6. The molecular weight excluding hydrogens is 188 g/mol. The quantitative estimate of drug-likeness (QED) is 0.754. The van der Waals surface area contributed by atoms with E-state index in [0.717, 1.165) is 12.5 Å². The Kier molecular flexibility index (Phi) is 3.65. The molecule has 0 aromatic carbocycles. The van der Waals surface area contributed by atoms with Crippen LogP contribution in [0, 0.1) is 0 Å². The SMILES string of the molecule is CC(O)CC(C)N1CCN2CCCC2C1. The smallest absolute Gasteiger partial charge is 0.0526 e. The van der Waals surface area contributed by atoms with Crippen molar-refractivity contribution in [2.75, 3.05) is 26.2 Å². The fourth-order valence-corrected chi connectivity index (χ4v) is 3.06. The lowest BCUT2D eigenvalue weighted by molar-refractivity contribution is 0.0548. The predicted octanol–water partition coefficient (Wildman–Crippen LogP) is 0.926. The van der Waals surface area contributed by atoms with Gasteiger partial charge in [0.1, 0.15) is 0 Å². The molecule has 2 aliphatic heterocycles. The van der Waals surface area contributed by atoms with Gasteiger partial charge in [-0.1, -0.05) is 0 Å². The molecule has 0 aromatic rings. The van der Waals surface area contributed by atoms with Gasteiger partial charge < -0.3 is 5.11 Å². The van der Waals surface area contributed by atoms with E-state index in [0.29, 0.717) is 6.04 Å². The third-order valence-corrected chi connectivity index (χ3v) is 3.92. The largest absolute Gasteiger partial charge is 0.393 e. The van der Waals surface area contributed by atoms with Gasteiger partial charge in [-0.25, -0.2) is 0 Å². The second-order valence-corrected chi connectivity index (χ2v) is 5.26. The number of hydrogen-bond donors (Lipinski definition) is 1. The second-order valence-electron chi connectivity index (χ2n) is 5.26. The van der Waals surface area contributed by atoms with Crippen molar-refractivity contribution in [1.29, 1.82) is 0 Å². The zero-order chi connectivity index (χ0) is 10.8. The Hall–Kier alpha value is -0.120. The van der Waals surface area contributed by atoms with Crippen LogP contribution in [-0.2, 0) is 0 Å². The van der Waals surface area contributed by atoms with Gasteiger partial charge in [0.05, 0.1) is 6.10 Å². The minimum absolute atomic E-state index is 0.165. The zero-order valence-corrected chi connectivity index (χ0v) is 10.0. The predicted molar refractivity (Wildman–Crippen MR) is 61.9 cm³/mol. The number of aliphatic hydroxyl groups excluding tert-OH is 1. The summed E-state index contributed by atoms with van der Waals surface area (Å²) in [4.78, 5) is 5.19. The summed E-state index contributed by atoms with van der Waals surface area (Å²) in [5.74, 6) is 0. The van der Waals surface area contributed by atoms with E-state index >= 15 is 0 Å². The maximum atomic E-state index is 9.40. The molecule has 0 aliphatic carbocycles. The lowest BCUT2D eigenvalue weighted by atomic mass is 10.1. The molecule has 0 saturated carbocycles.